The van der Waals surface area contributed by atoms with Crippen LogP contribution in [0, 0.1) is 11.6 Å². The predicted molar refractivity (Wildman–Crippen MR) is 74.6 cm³/mol. The molecule has 0 bridgehead atoms. The highest BCUT2D eigenvalue weighted by atomic mass is 19.1. The number of aromatic nitrogens is 3. The maximum absolute atomic E-state index is 13.8. The third-order valence-electron chi connectivity index (χ3n) is 3.69. The van der Waals surface area contributed by atoms with Gasteiger partial charge in [-0.2, -0.15) is 5.10 Å². The molecular weight excluding hydrogens is 290 g/mol. The third kappa shape index (κ3) is 3.47. The van der Waals surface area contributed by atoms with Crippen LogP contribution in [0.2, 0.25) is 0 Å². The number of carbonyl (C=O) groups excluding carboxylic acids is 1. The molecule has 1 heterocycles. The van der Waals surface area contributed by atoms with Crippen molar-refractivity contribution in [2.75, 3.05) is 0 Å². The minimum atomic E-state index is -0.616. The fourth-order valence-electron chi connectivity index (χ4n) is 2.34. The lowest BCUT2D eigenvalue weighted by molar-refractivity contribution is -0.132. The second kappa shape index (κ2) is 6.21. The summed E-state index contributed by atoms with van der Waals surface area (Å²) in [4.78, 5) is 17.9. The van der Waals surface area contributed by atoms with Crippen LogP contribution in [0.4, 0.5) is 8.78 Å². The van der Waals surface area contributed by atoms with Crippen LogP contribution < -0.4 is 0 Å². The summed E-state index contributed by atoms with van der Waals surface area (Å²) >= 11 is 0. The number of hydrogen-bond donors (Lipinski definition) is 0. The van der Waals surface area contributed by atoms with Crippen molar-refractivity contribution in [3.05, 3.63) is 48.1 Å². The van der Waals surface area contributed by atoms with Crippen LogP contribution in [0.15, 0.2) is 30.9 Å². The molecule has 7 heteroatoms. The van der Waals surface area contributed by atoms with Gasteiger partial charge in [0.15, 0.2) is 0 Å². The number of amides is 1. The van der Waals surface area contributed by atoms with Crippen LogP contribution in [0.3, 0.4) is 0 Å². The topological polar surface area (TPSA) is 51.0 Å². The second-order valence-electron chi connectivity index (χ2n) is 5.40. The molecule has 2 aromatic rings. The van der Waals surface area contributed by atoms with Crippen molar-refractivity contribution in [1.29, 1.82) is 0 Å². The Kier molecular flexibility index (Phi) is 4.13. The highest BCUT2D eigenvalue weighted by Gasteiger charge is 2.32. The Morgan fingerprint density at radius 3 is 2.82 bits per heavy atom. The Hall–Kier alpha value is -2.31. The summed E-state index contributed by atoms with van der Waals surface area (Å²) in [6.45, 7) is 0.612. The van der Waals surface area contributed by atoms with E-state index in [1.165, 1.54) is 18.5 Å². The molecule has 0 spiro atoms. The first-order chi connectivity index (χ1) is 10.6. The molecule has 0 N–H and O–H groups in total. The first kappa shape index (κ1) is 14.6. The van der Waals surface area contributed by atoms with E-state index in [4.69, 9.17) is 0 Å². The number of nitrogens with zero attached hydrogens (tertiary/aromatic N) is 4. The minimum Gasteiger partial charge on any atom is -0.335 e. The minimum absolute atomic E-state index is 0.0540. The Bertz CT molecular complexity index is 656. The molecule has 22 heavy (non-hydrogen) atoms. The summed E-state index contributed by atoms with van der Waals surface area (Å²) in [5.41, 5.74) is 0.336. The molecule has 1 saturated carbocycles. The zero-order chi connectivity index (χ0) is 15.5. The van der Waals surface area contributed by atoms with E-state index in [1.54, 1.807) is 15.9 Å². The summed E-state index contributed by atoms with van der Waals surface area (Å²) in [7, 11) is 0. The predicted octanol–water partition coefficient (Wildman–Crippen LogP) is 2.14. The molecular formula is C15H16F2N4O. The number of benzene rings is 1. The number of halogens is 2. The molecule has 116 valence electrons. The van der Waals surface area contributed by atoms with E-state index in [0.29, 0.717) is 12.1 Å². The lowest BCUT2D eigenvalue weighted by Gasteiger charge is -2.23. The van der Waals surface area contributed by atoms with Crippen LogP contribution in [0.5, 0.6) is 0 Å². The summed E-state index contributed by atoms with van der Waals surface area (Å²) in [5.74, 6) is -1.28. The zero-order valence-corrected chi connectivity index (χ0v) is 12.0. The Morgan fingerprint density at radius 2 is 2.18 bits per heavy atom. The van der Waals surface area contributed by atoms with E-state index in [9.17, 15) is 13.6 Å². The summed E-state index contributed by atoms with van der Waals surface area (Å²) < 4.78 is 28.3. The van der Waals surface area contributed by atoms with Crippen molar-refractivity contribution in [1.82, 2.24) is 19.7 Å². The van der Waals surface area contributed by atoms with E-state index in [0.717, 1.165) is 18.9 Å². The Balaban J connectivity index is 1.65. The quantitative estimate of drug-likeness (QED) is 0.821. The van der Waals surface area contributed by atoms with E-state index >= 15 is 0 Å². The van der Waals surface area contributed by atoms with Gasteiger partial charge in [0.2, 0.25) is 5.91 Å². The first-order valence-corrected chi connectivity index (χ1v) is 7.19. The highest BCUT2D eigenvalue weighted by molar-refractivity contribution is 5.76. The van der Waals surface area contributed by atoms with Crippen molar-refractivity contribution in [2.45, 2.75) is 38.4 Å². The molecule has 0 saturated heterocycles. The van der Waals surface area contributed by atoms with Crippen LogP contribution >= 0.6 is 0 Å². The van der Waals surface area contributed by atoms with Crippen molar-refractivity contribution in [3.63, 3.8) is 0 Å². The van der Waals surface area contributed by atoms with Crippen molar-refractivity contribution in [3.8, 4) is 0 Å². The summed E-state index contributed by atoms with van der Waals surface area (Å²) in [6, 6.07) is 3.61. The molecule has 1 amide bonds. The molecule has 1 aromatic heterocycles. The van der Waals surface area contributed by atoms with Gasteiger partial charge in [-0.25, -0.2) is 13.8 Å². The van der Waals surface area contributed by atoms with E-state index in [2.05, 4.69) is 10.1 Å². The van der Waals surface area contributed by atoms with Gasteiger partial charge in [-0.05, 0) is 18.9 Å². The fourth-order valence-corrected chi connectivity index (χ4v) is 2.34. The van der Waals surface area contributed by atoms with E-state index in [-0.39, 0.29) is 24.9 Å². The standard InChI is InChI=1S/C15H16F2N4O/c16-12-2-1-11(14(17)7-12)8-21(13-3-4-13)15(22)5-6-20-10-18-9-19-20/h1-2,7,9-10,13H,3-6,8H2. The molecule has 5 nitrogen and oxygen atoms in total. The first-order valence-electron chi connectivity index (χ1n) is 7.19. The molecule has 1 aliphatic carbocycles. The number of rotatable bonds is 6. The maximum Gasteiger partial charge on any atom is 0.224 e. The van der Waals surface area contributed by atoms with Gasteiger partial charge in [-0.15, -0.1) is 0 Å². The van der Waals surface area contributed by atoms with Crippen LogP contribution in [-0.2, 0) is 17.9 Å². The van der Waals surface area contributed by atoms with Crippen molar-refractivity contribution in [2.24, 2.45) is 0 Å². The molecule has 0 aliphatic heterocycles. The summed E-state index contributed by atoms with van der Waals surface area (Å²) in [5, 5.41) is 3.95. The fraction of sp³-hybridized carbons (Fsp3) is 0.400. The molecule has 0 radical (unpaired) electrons. The molecule has 1 fully saturated rings. The van der Waals surface area contributed by atoms with Gasteiger partial charge < -0.3 is 4.90 Å². The van der Waals surface area contributed by atoms with Gasteiger partial charge in [-0.3, -0.25) is 9.48 Å². The normalized spacial score (nSPS) is 14.1. The van der Waals surface area contributed by atoms with Crippen LogP contribution in [-0.4, -0.2) is 31.6 Å². The average molecular weight is 306 g/mol. The molecule has 0 unspecified atom stereocenters. The lowest BCUT2D eigenvalue weighted by atomic mass is 10.2. The van der Waals surface area contributed by atoms with Gasteiger partial charge in [0.1, 0.15) is 24.3 Å². The van der Waals surface area contributed by atoms with Gasteiger partial charge in [0.05, 0.1) is 6.54 Å². The van der Waals surface area contributed by atoms with Gasteiger partial charge >= 0.3 is 0 Å². The number of carbonyl (C=O) groups is 1. The molecule has 0 atom stereocenters. The lowest BCUT2D eigenvalue weighted by Crippen LogP contribution is -2.33. The Labute approximate surface area is 126 Å². The zero-order valence-electron chi connectivity index (χ0n) is 12.0. The second-order valence-corrected chi connectivity index (χ2v) is 5.40. The van der Waals surface area contributed by atoms with Gasteiger partial charge in [0, 0.05) is 30.6 Å². The third-order valence-corrected chi connectivity index (χ3v) is 3.69. The van der Waals surface area contributed by atoms with Crippen molar-refractivity contribution >= 4 is 5.91 Å². The smallest absolute Gasteiger partial charge is 0.224 e. The van der Waals surface area contributed by atoms with Gasteiger partial charge in [0.25, 0.3) is 0 Å². The molecule has 1 aromatic carbocycles. The van der Waals surface area contributed by atoms with Crippen LogP contribution in [0.1, 0.15) is 24.8 Å². The highest BCUT2D eigenvalue weighted by Crippen LogP contribution is 2.29. The van der Waals surface area contributed by atoms with Crippen molar-refractivity contribution < 1.29 is 13.6 Å². The molecule has 3 rings (SSSR count). The maximum atomic E-state index is 13.8. The molecule has 1 aliphatic rings. The average Bonchev–Trinajstić information content (AvgIpc) is 3.19. The van der Waals surface area contributed by atoms with E-state index < -0.39 is 11.6 Å². The summed E-state index contributed by atoms with van der Waals surface area (Å²) in [6.07, 6.45) is 5.10. The number of hydrogen-bond acceptors (Lipinski definition) is 3. The largest absolute Gasteiger partial charge is 0.335 e. The SMILES string of the molecule is O=C(CCn1cncn1)N(Cc1ccc(F)cc1F)C1CC1. The Morgan fingerprint density at radius 1 is 1.36 bits per heavy atom. The number of aryl methyl sites for hydroxylation is 1. The van der Waals surface area contributed by atoms with Crippen LogP contribution in [0.25, 0.3) is 0 Å². The van der Waals surface area contributed by atoms with E-state index in [1.807, 2.05) is 0 Å². The van der Waals surface area contributed by atoms with Gasteiger partial charge in [-0.1, -0.05) is 6.07 Å². The monoisotopic (exact) mass is 306 g/mol.